The highest BCUT2D eigenvalue weighted by atomic mass is 16.5. The minimum atomic E-state index is 0.625. The Kier molecular flexibility index (Phi) is 10.6. The maximum atomic E-state index is 5.72. The number of hydrogen-bond donors (Lipinski definition) is 0. The van der Waals surface area contributed by atoms with E-state index in [1.165, 1.54) is 38.5 Å². The molecule has 2 rings (SSSR count). The molecule has 0 aliphatic rings. The molecule has 0 saturated heterocycles. The number of nitrogens with zero attached hydrogens (tertiary/aromatic N) is 2. The molecule has 0 fully saturated rings. The second kappa shape index (κ2) is 13.6. The van der Waals surface area contributed by atoms with Gasteiger partial charge in [0.2, 0.25) is 11.8 Å². The van der Waals surface area contributed by atoms with E-state index in [4.69, 9.17) is 9.47 Å². The van der Waals surface area contributed by atoms with Crippen molar-refractivity contribution < 1.29 is 9.47 Å². The zero-order valence-electron chi connectivity index (χ0n) is 17.2. The molecule has 0 radical (unpaired) electrons. The average molecular weight is 381 g/mol. The van der Waals surface area contributed by atoms with Crippen molar-refractivity contribution in [2.24, 2.45) is 0 Å². The molecule has 150 valence electrons. The number of unbranched alkanes of at least 4 members (excludes halogenated alkanes) is 6. The van der Waals surface area contributed by atoms with E-state index in [1.54, 1.807) is 0 Å². The summed E-state index contributed by atoms with van der Waals surface area (Å²) in [5.41, 5.74) is 1.36. The number of aromatic nitrogens is 2. The van der Waals surface area contributed by atoms with Crippen LogP contribution in [-0.4, -0.2) is 23.2 Å². The quantitative estimate of drug-likeness (QED) is 0.345. The fourth-order valence-electron chi connectivity index (χ4n) is 2.67. The van der Waals surface area contributed by atoms with Gasteiger partial charge >= 0.3 is 0 Å². The summed E-state index contributed by atoms with van der Waals surface area (Å²) in [6.07, 6.45) is 9.44. The van der Waals surface area contributed by atoms with Crippen molar-refractivity contribution in [2.75, 3.05) is 13.2 Å². The van der Waals surface area contributed by atoms with Crippen LogP contribution in [0.15, 0.2) is 36.4 Å². The van der Waals surface area contributed by atoms with E-state index in [0.29, 0.717) is 36.4 Å². The van der Waals surface area contributed by atoms with Gasteiger partial charge < -0.3 is 9.47 Å². The molecular weight excluding hydrogens is 348 g/mol. The van der Waals surface area contributed by atoms with E-state index in [2.05, 4.69) is 35.7 Å². The second-order valence-corrected chi connectivity index (χ2v) is 6.79. The van der Waals surface area contributed by atoms with E-state index in [0.717, 1.165) is 12.8 Å². The molecule has 28 heavy (non-hydrogen) atoms. The molecule has 0 bridgehead atoms. The molecule has 2 aromatic rings. The number of hydrogen-bond acceptors (Lipinski definition) is 4. The van der Waals surface area contributed by atoms with Gasteiger partial charge in [0.1, 0.15) is 11.4 Å². The van der Waals surface area contributed by atoms with Gasteiger partial charge in [-0.25, -0.2) is 9.97 Å². The third-order valence-electron chi connectivity index (χ3n) is 4.26. The molecule has 2 aromatic heterocycles. The first kappa shape index (κ1) is 21.8. The number of ether oxygens (including phenoxy) is 2. The van der Waals surface area contributed by atoms with Crippen LogP contribution in [0.3, 0.4) is 0 Å². The van der Waals surface area contributed by atoms with Crippen molar-refractivity contribution in [1.29, 1.82) is 0 Å². The lowest BCUT2D eigenvalue weighted by atomic mass is 10.2. The van der Waals surface area contributed by atoms with Crippen molar-refractivity contribution in [2.45, 2.75) is 65.2 Å². The maximum absolute atomic E-state index is 5.72. The Labute approximate surface area is 169 Å². The summed E-state index contributed by atoms with van der Waals surface area (Å²) in [7, 11) is 0. The summed E-state index contributed by atoms with van der Waals surface area (Å²) >= 11 is 0. The molecule has 4 nitrogen and oxygen atoms in total. The lowest BCUT2D eigenvalue weighted by Crippen LogP contribution is -2.00. The Morgan fingerprint density at radius 3 is 1.54 bits per heavy atom. The normalized spacial score (nSPS) is 10.2. The fourth-order valence-corrected chi connectivity index (χ4v) is 2.67. The van der Waals surface area contributed by atoms with Crippen LogP contribution in [0.2, 0.25) is 0 Å². The predicted molar refractivity (Wildman–Crippen MR) is 114 cm³/mol. The molecule has 0 amide bonds. The van der Waals surface area contributed by atoms with Gasteiger partial charge in [-0.3, -0.25) is 0 Å². The molecule has 4 heteroatoms. The highest BCUT2D eigenvalue weighted by Gasteiger charge is 1.99. The lowest BCUT2D eigenvalue weighted by molar-refractivity contribution is 0.293. The van der Waals surface area contributed by atoms with Gasteiger partial charge in [0.15, 0.2) is 0 Å². The lowest BCUT2D eigenvalue weighted by Gasteiger charge is -2.05. The molecule has 0 atom stereocenters. The Bertz CT molecular complexity index is 688. The first-order valence-corrected chi connectivity index (χ1v) is 10.5. The van der Waals surface area contributed by atoms with Crippen LogP contribution in [0.1, 0.15) is 76.6 Å². The SMILES string of the molecule is CCCCCCOc1cccc(C#Cc2cccc(OCCCCCC)n2)n1. The summed E-state index contributed by atoms with van der Waals surface area (Å²) < 4.78 is 11.4. The monoisotopic (exact) mass is 380 g/mol. The molecule has 0 aliphatic carbocycles. The van der Waals surface area contributed by atoms with Gasteiger partial charge in [0.25, 0.3) is 0 Å². The van der Waals surface area contributed by atoms with Crippen LogP contribution >= 0.6 is 0 Å². The van der Waals surface area contributed by atoms with Crippen LogP contribution < -0.4 is 9.47 Å². The van der Waals surface area contributed by atoms with Crippen molar-refractivity contribution in [3.63, 3.8) is 0 Å². The third-order valence-corrected chi connectivity index (χ3v) is 4.26. The zero-order chi connectivity index (χ0) is 19.9. The molecule has 0 aliphatic heterocycles. The molecule has 0 N–H and O–H groups in total. The van der Waals surface area contributed by atoms with Gasteiger partial charge in [-0.1, -0.05) is 64.5 Å². The molecular formula is C24H32N2O2. The van der Waals surface area contributed by atoms with Gasteiger partial charge in [-0.15, -0.1) is 0 Å². The first-order chi connectivity index (χ1) is 13.8. The van der Waals surface area contributed by atoms with Crippen LogP contribution in [0.4, 0.5) is 0 Å². The summed E-state index contributed by atoms with van der Waals surface area (Å²) in [5.74, 6) is 7.38. The minimum Gasteiger partial charge on any atom is -0.478 e. The molecule has 0 spiro atoms. The van der Waals surface area contributed by atoms with E-state index < -0.39 is 0 Å². The minimum absolute atomic E-state index is 0.625. The van der Waals surface area contributed by atoms with Crippen LogP contribution in [-0.2, 0) is 0 Å². The summed E-state index contributed by atoms with van der Waals surface area (Å²) in [4.78, 5) is 8.90. The average Bonchev–Trinajstić information content (AvgIpc) is 2.73. The molecule has 0 aromatic carbocycles. The largest absolute Gasteiger partial charge is 0.478 e. The molecule has 0 saturated carbocycles. The van der Waals surface area contributed by atoms with E-state index >= 15 is 0 Å². The Morgan fingerprint density at radius 1 is 0.643 bits per heavy atom. The van der Waals surface area contributed by atoms with Gasteiger partial charge in [-0.05, 0) is 36.8 Å². The van der Waals surface area contributed by atoms with E-state index in [9.17, 15) is 0 Å². The third kappa shape index (κ3) is 8.90. The zero-order valence-corrected chi connectivity index (χ0v) is 17.2. The first-order valence-electron chi connectivity index (χ1n) is 10.5. The molecule has 2 heterocycles. The summed E-state index contributed by atoms with van der Waals surface area (Å²) in [6, 6.07) is 11.3. The fraction of sp³-hybridized carbons (Fsp3) is 0.500. The van der Waals surface area contributed by atoms with Crippen molar-refractivity contribution in [3.05, 3.63) is 47.8 Å². The Balaban J connectivity index is 1.87. The Morgan fingerprint density at radius 2 is 1.11 bits per heavy atom. The Hall–Kier alpha value is -2.54. The molecule has 0 unspecified atom stereocenters. The summed E-state index contributed by atoms with van der Waals surface area (Å²) in [5, 5.41) is 0. The van der Waals surface area contributed by atoms with Crippen LogP contribution in [0.5, 0.6) is 11.8 Å². The maximum Gasteiger partial charge on any atom is 0.214 e. The number of rotatable bonds is 12. The van der Waals surface area contributed by atoms with Gasteiger partial charge in [0, 0.05) is 12.1 Å². The second-order valence-electron chi connectivity index (χ2n) is 6.79. The van der Waals surface area contributed by atoms with Gasteiger partial charge in [-0.2, -0.15) is 0 Å². The standard InChI is InChI=1S/C24H32N2O2/c1-3-5-7-9-19-27-23-15-11-13-21(25-23)17-18-22-14-12-16-24(26-22)28-20-10-8-6-4-2/h11-16H,3-10,19-20H2,1-2H3. The van der Waals surface area contributed by atoms with E-state index in [1.807, 2.05) is 36.4 Å². The van der Waals surface area contributed by atoms with Crippen molar-refractivity contribution >= 4 is 0 Å². The van der Waals surface area contributed by atoms with Crippen LogP contribution in [0, 0.1) is 11.8 Å². The summed E-state index contributed by atoms with van der Waals surface area (Å²) in [6.45, 7) is 5.80. The van der Waals surface area contributed by atoms with Crippen LogP contribution in [0.25, 0.3) is 0 Å². The van der Waals surface area contributed by atoms with Crippen molar-refractivity contribution in [3.8, 4) is 23.6 Å². The van der Waals surface area contributed by atoms with Gasteiger partial charge in [0.05, 0.1) is 13.2 Å². The van der Waals surface area contributed by atoms with Crippen molar-refractivity contribution in [1.82, 2.24) is 9.97 Å². The highest BCUT2D eigenvalue weighted by Crippen LogP contribution is 2.10. The topological polar surface area (TPSA) is 44.2 Å². The smallest absolute Gasteiger partial charge is 0.214 e. The number of pyridine rings is 2. The highest BCUT2D eigenvalue weighted by molar-refractivity contribution is 5.38. The van der Waals surface area contributed by atoms with E-state index in [-0.39, 0.29) is 0 Å². The predicted octanol–water partition coefficient (Wildman–Crippen LogP) is 5.79.